The maximum atomic E-state index is 2.82. The fraction of sp³-hybridized carbons (Fsp3) is 0.294. The van der Waals surface area contributed by atoms with Crippen molar-refractivity contribution in [3.05, 3.63) is 119 Å². The monoisotopic (exact) mass is 624 g/mol. The SMILES string of the molecule is CCC[C]1([Hf]([CH3])([CH3])[C]2(CCC)c3ccccc3-c3ccccc32)c2ccccc2-c2ccccc21. The van der Waals surface area contributed by atoms with Crippen molar-refractivity contribution in [1.82, 2.24) is 0 Å². The Kier molecular flexibility index (Phi) is 5.57. The van der Waals surface area contributed by atoms with Gasteiger partial charge in [-0.15, -0.1) is 0 Å². The summed E-state index contributed by atoms with van der Waals surface area (Å²) >= 11 is -3.45. The van der Waals surface area contributed by atoms with Crippen LogP contribution in [-0.2, 0) is 26.3 Å². The van der Waals surface area contributed by atoms with Crippen LogP contribution >= 0.6 is 0 Å². The van der Waals surface area contributed by atoms with Gasteiger partial charge in [0.2, 0.25) is 0 Å². The summed E-state index contributed by atoms with van der Waals surface area (Å²) in [6.45, 7) is 4.80. The summed E-state index contributed by atoms with van der Waals surface area (Å²) < 4.78 is 5.93. The fourth-order valence-electron chi connectivity index (χ4n) is 8.28. The number of fused-ring (bicyclic) bond motifs is 6. The van der Waals surface area contributed by atoms with Crippen molar-refractivity contribution in [2.75, 3.05) is 0 Å². The molecule has 0 unspecified atom stereocenters. The van der Waals surface area contributed by atoms with Gasteiger partial charge in [-0.05, 0) is 0 Å². The predicted molar refractivity (Wildman–Crippen MR) is 147 cm³/mol. The first-order chi connectivity index (χ1) is 17.0. The fourth-order valence-corrected chi connectivity index (χ4v) is 30.0. The molecule has 35 heavy (non-hydrogen) atoms. The molecule has 0 aliphatic heterocycles. The summed E-state index contributed by atoms with van der Waals surface area (Å²) in [5.74, 6) is 0. The van der Waals surface area contributed by atoms with E-state index in [1.165, 1.54) is 47.9 Å². The molecule has 1 heteroatoms. The summed E-state index contributed by atoms with van der Waals surface area (Å²) in [7, 11) is 0. The standard InChI is InChI=1S/2C16H15.2CH3.Hf/c2*1-2-7-12-13-8-3-5-10-15(13)16-11-6-4-9-14(12)16;;;/h2*3-6,8-11H,2,7H2,1H3;2*1H3;. The molecular formula is C34H36Hf. The van der Waals surface area contributed by atoms with Crippen LogP contribution in [0.4, 0.5) is 0 Å². The van der Waals surface area contributed by atoms with Crippen LogP contribution in [0, 0.1) is 0 Å². The first kappa shape index (κ1) is 23.2. The van der Waals surface area contributed by atoms with E-state index in [1.807, 2.05) is 0 Å². The third kappa shape index (κ3) is 2.82. The molecule has 0 radical (unpaired) electrons. The van der Waals surface area contributed by atoms with E-state index < -0.39 is 20.0 Å². The Morgan fingerprint density at radius 3 is 0.971 bits per heavy atom. The van der Waals surface area contributed by atoms with Crippen LogP contribution in [0.1, 0.15) is 61.8 Å². The molecule has 2 aliphatic rings. The zero-order chi connectivity index (χ0) is 24.3. The molecular weight excluding hydrogens is 587 g/mol. The van der Waals surface area contributed by atoms with E-state index in [2.05, 4.69) is 120 Å². The minimum absolute atomic E-state index is 0.147. The van der Waals surface area contributed by atoms with Gasteiger partial charge in [0.05, 0.1) is 0 Å². The second kappa shape index (κ2) is 8.41. The Morgan fingerprint density at radius 2 is 0.714 bits per heavy atom. The molecule has 0 bridgehead atoms. The minimum atomic E-state index is -3.45. The zero-order valence-electron chi connectivity index (χ0n) is 21.6. The summed E-state index contributed by atoms with van der Waals surface area (Å²) in [5.41, 5.74) is 12.4. The topological polar surface area (TPSA) is 0 Å². The van der Waals surface area contributed by atoms with Crippen molar-refractivity contribution in [2.45, 2.75) is 55.2 Å². The molecule has 0 nitrogen and oxygen atoms in total. The van der Waals surface area contributed by atoms with E-state index in [-0.39, 0.29) is 6.34 Å². The molecule has 0 N–H and O–H groups in total. The van der Waals surface area contributed by atoms with Crippen LogP contribution in [-0.4, -0.2) is 0 Å². The van der Waals surface area contributed by atoms with Crippen molar-refractivity contribution < 1.29 is 20.0 Å². The summed E-state index contributed by atoms with van der Waals surface area (Å²) in [6, 6.07) is 37.6. The first-order valence-electron chi connectivity index (χ1n) is 13.4. The van der Waals surface area contributed by atoms with Crippen LogP contribution in [0.5, 0.6) is 0 Å². The second-order valence-electron chi connectivity index (χ2n) is 11.1. The number of rotatable bonds is 6. The third-order valence-electron chi connectivity index (χ3n) is 9.51. The third-order valence-corrected chi connectivity index (χ3v) is 30.5. The molecule has 4 aromatic rings. The van der Waals surface area contributed by atoms with E-state index in [9.17, 15) is 0 Å². The molecule has 0 atom stereocenters. The van der Waals surface area contributed by atoms with E-state index in [0.717, 1.165) is 0 Å². The first-order valence-corrected chi connectivity index (χ1v) is 24.2. The van der Waals surface area contributed by atoms with Crippen molar-refractivity contribution in [3.63, 3.8) is 0 Å². The zero-order valence-corrected chi connectivity index (χ0v) is 25.2. The Hall–Kier alpha value is -2.25. The van der Waals surface area contributed by atoms with Crippen LogP contribution in [0.15, 0.2) is 97.1 Å². The van der Waals surface area contributed by atoms with Crippen molar-refractivity contribution in [1.29, 1.82) is 0 Å². The van der Waals surface area contributed by atoms with Gasteiger partial charge in [-0.1, -0.05) is 0 Å². The number of benzene rings is 4. The molecule has 0 fully saturated rings. The molecule has 0 saturated carbocycles. The molecule has 2 aliphatic carbocycles. The molecule has 0 heterocycles. The summed E-state index contributed by atoms with van der Waals surface area (Å²) in [5, 5.41) is 0. The van der Waals surface area contributed by atoms with E-state index >= 15 is 0 Å². The van der Waals surface area contributed by atoms with Gasteiger partial charge in [0.1, 0.15) is 0 Å². The number of hydrogen-bond donors (Lipinski definition) is 0. The van der Waals surface area contributed by atoms with Crippen LogP contribution in [0.25, 0.3) is 22.3 Å². The molecule has 6 rings (SSSR count). The normalized spacial score (nSPS) is 16.3. The molecule has 0 amide bonds. The van der Waals surface area contributed by atoms with Crippen LogP contribution in [0.3, 0.4) is 0 Å². The van der Waals surface area contributed by atoms with E-state index in [4.69, 9.17) is 0 Å². The van der Waals surface area contributed by atoms with Crippen LogP contribution < -0.4 is 0 Å². The van der Waals surface area contributed by atoms with Gasteiger partial charge in [0, 0.05) is 0 Å². The van der Waals surface area contributed by atoms with Crippen molar-refractivity contribution in [3.8, 4) is 22.3 Å². The van der Waals surface area contributed by atoms with Gasteiger partial charge in [0.25, 0.3) is 0 Å². The molecule has 0 spiro atoms. The Labute approximate surface area is 215 Å². The Morgan fingerprint density at radius 1 is 0.457 bits per heavy atom. The summed E-state index contributed by atoms with van der Waals surface area (Å²) in [4.78, 5) is 0. The van der Waals surface area contributed by atoms with Gasteiger partial charge < -0.3 is 0 Å². The van der Waals surface area contributed by atoms with Gasteiger partial charge in [0.15, 0.2) is 0 Å². The molecule has 0 aromatic heterocycles. The number of hydrogen-bond acceptors (Lipinski definition) is 0. The van der Waals surface area contributed by atoms with Crippen molar-refractivity contribution in [2.24, 2.45) is 0 Å². The molecule has 4 aromatic carbocycles. The Bertz CT molecular complexity index is 1210. The van der Waals surface area contributed by atoms with Crippen molar-refractivity contribution >= 4 is 0 Å². The maximum absolute atomic E-state index is 3.45. The second-order valence-corrected chi connectivity index (χ2v) is 28.9. The van der Waals surface area contributed by atoms with E-state index in [1.54, 1.807) is 22.3 Å². The van der Waals surface area contributed by atoms with E-state index in [0.29, 0.717) is 0 Å². The van der Waals surface area contributed by atoms with Crippen LogP contribution in [0.2, 0.25) is 9.36 Å². The molecule has 176 valence electrons. The van der Waals surface area contributed by atoms with Gasteiger partial charge in [-0.25, -0.2) is 0 Å². The quantitative estimate of drug-likeness (QED) is 0.188. The average molecular weight is 623 g/mol. The van der Waals surface area contributed by atoms with Gasteiger partial charge in [-0.2, -0.15) is 0 Å². The predicted octanol–water partition coefficient (Wildman–Crippen LogP) is 9.69. The Balaban J connectivity index is 1.75. The molecule has 0 saturated heterocycles. The summed E-state index contributed by atoms with van der Waals surface area (Å²) in [6.07, 6.45) is 4.89. The van der Waals surface area contributed by atoms with Gasteiger partial charge in [-0.3, -0.25) is 0 Å². The average Bonchev–Trinajstić information content (AvgIpc) is 3.35. The van der Waals surface area contributed by atoms with Gasteiger partial charge >= 0.3 is 217 Å².